The van der Waals surface area contributed by atoms with Crippen molar-refractivity contribution >= 4 is 0 Å². The van der Waals surface area contributed by atoms with Gasteiger partial charge in [-0.1, -0.05) is 71.9 Å². The molecule has 0 N–H and O–H groups in total. The third-order valence-electron chi connectivity index (χ3n) is 2.57. The molecule has 0 aliphatic heterocycles. The van der Waals surface area contributed by atoms with Crippen LogP contribution in [0.1, 0.15) is 33.1 Å². The second-order valence-electron chi connectivity index (χ2n) is 4.32. The summed E-state index contributed by atoms with van der Waals surface area (Å²) in [6, 6.07) is 0. The summed E-state index contributed by atoms with van der Waals surface area (Å²) >= 11 is 0. The summed E-state index contributed by atoms with van der Waals surface area (Å²) in [4.78, 5) is 0. The first-order valence-electron chi connectivity index (χ1n) is 6.26. The van der Waals surface area contributed by atoms with Gasteiger partial charge in [0, 0.05) is 0 Å². The quantitative estimate of drug-likeness (QED) is 0.526. The highest BCUT2D eigenvalue weighted by atomic mass is 13.9. The van der Waals surface area contributed by atoms with E-state index in [-0.39, 0.29) is 0 Å². The Labute approximate surface area is 105 Å². The molecule has 0 saturated heterocycles. The van der Waals surface area contributed by atoms with Crippen LogP contribution in [0.4, 0.5) is 0 Å². The maximum absolute atomic E-state index is 2.24. The minimum atomic E-state index is 1.00. The van der Waals surface area contributed by atoms with Crippen LogP contribution in [0, 0.1) is 0 Å². The van der Waals surface area contributed by atoms with Crippen molar-refractivity contribution in [1.82, 2.24) is 0 Å². The molecule has 0 saturated carbocycles. The van der Waals surface area contributed by atoms with Gasteiger partial charge < -0.3 is 0 Å². The van der Waals surface area contributed by atoms with Gasteiger partial charge in [-0.05, 0) is 33.1 Å². The van der Waals surface area contributed by atoms with Crippen LogP contribution in [-0.4, -0.2) is 0 Å². The molecule has 1 aliphatic rings. The summed E-state index contributed by atoms with van der Waals surface area (Å²) in [7, 11) is 0. The Morgan fingerprint density at radius 2 is 1.59 bits per heavy atom. The molecule has 0 bridgehead atoms. The van der Waals surface area contributed by atoms with Crippen LogP contribution in [-0.2, 0) is 0 Å². The van der Waals surface area contributed by atoms with Crippen molar-refractivity contribution < 1.29 is 0 Å². The van der Waals surface area contributed by atoms with Crippen molar-refractivity contribution in [3.05, 3.63) is 71.9 Å². The Kier molecular flexibility index (Phi) is 6.81. The van der Waals surface area contributed by atoms with E-state index in [9.17, 15) is 0 Å². The highest BCUT2D eigenvalue weighted by Crippen LogP contribution is 2.04. The Morgan fingerprint density at radius 3 is 2.47 bits per heavy atom. The van der Waals surface area contributed by atoms with E-state index in [0.29, 0.717) is 0 Å². The zero-order valence-electron chi connectivity index (χ0n) is 10.9. The normalized spacial score (nSPS) is 31.9. The smallest absolute Gasteiger partial charge is 0.0135 e. The fraction of sp³-hybridized carbons (Fsp3) is 0.294. The third kappa shape index (κ3) is 7.35. The molecule has 0 amide bonds. The fourth-order valence-electron chi connectivity index (χ4n) is 1.52. The topological polar surface area (TPSA) is 0 Å². The lowest BCUT2D eigenvalue weighted by atomic mass is 10.2. The average Bonchev–Trinajstić information content (AvgIpc) is 2.32. The van der Waals surface area contributed by atoms with Crippen molar-refractivity contribution in [3.8, 4) is 0 Å². The van der Waals surface area contributed by atoms with Gasteiger partial charge in [0.1, 0.15) is 0 Å². The second kappa shape index (κ2) is 8.58. The summed E-state index contributed by atoms with van der Waals surface area (Å²) in [5, 5.41) is 0. The van der Waals surface area contributed by atoms with Crippen LogP contribution in [0.25, 0.3) is 0 Å². The van der Waals surface area contributed by atoms with E-state index >= 15 is 0 Å². The van der Waals surface area contributed by atoms with E-state index in [1.54, 1.807) is 0 Å². The van der Waals surface area contributed by atoms with Gasteiger partial charge in [-0.2, -0.15) is 0 Å². The lowest BCUT2D eigenvalue weighted by Gasteiger charge is -1.91. The molecule has 1 rings (SSSR count). The van der Waals surface area contributed by atoms with Crippen molar-refractivity contribution in [2.75, 3.05) is 0 Å². The first-order chi connectivity index (χ1) is 8.29. The molecular weight excluding hydrogens is 204 g/mol. The maximum atomic E-state index is 2.24. The Morgan fingerprint density at radius 1 is 0.824 bits per heavy atom. The molecule has 0 spiro atoms. The molecule has 0 aromatic heterocycles. The second-order valence-corrected chi connectivity index (χ2v) is 4.32. The van der Waals surface area contributed by atoms with Crippen molar-refractivity contribution in [2.45, 2.75) is 33.1 Å². The van der Waals surface area contributed by atoms with Gasteiger partial charge in [0.15, 0.2) is 0 Å². The number of hydrogen-bond acceptors (Lipinski definition) is 0. The molecule has 0 fully saturated rings. The monoisotopic (exact) mass is 226 g/mol. The van der Waals surface area contributed by atoms with E-state index in [0.717, 1.165) is 19.3 Å². The van der Waals surface area contributed by atoms with Crippen LogP contribution >= 0.6 is 0 Å². The summed E-state index contributed by atoms with van der Waals surface area (Å²) in [5.41, 5.74) is 2.72. The molecule has 17 heavy (non-hydrogen) atoms. The van der Waals surface area contributed by atoms with Gasteiger partial charge in [0.2, 0.25) is 0 Å². The van der Waals surface area contributed by atoms with E-state index in [4.69, 9.17) is 0 Å². The SMILES string of the molecule is CC1=C\C/C=C\C=C/C/C(C)=C/C=C\C/C=C\1. The largest absolute Gasteiger partial charge is 0.0807 e. The molecule has 0 heterocycles. The van der Waals surface area contributed by atoms with E-state index in [1.807, 2.05) is 0 Å². The molecule has 0 unspecified atom stereocenters. The molecule has 0 heteroatoms. The summed E-state index contributed by atoms with van der Waals surface area (Å²) in [5.74, 6) is 0. The molecule has 1 aliphatic carbocycles. The molecule has 0 nitrogen and oxygen atoms in total. The predicted octanol–water partition coefficient (Wildman–Crippen LogP) is 5.29. The molecule has 0 aromatic carbocycles. The highest BCUT2D eigenvalue weighted by Gasteiger charge is 1.83. The van der Waals surface area contributed by atoms with E-state index in [1.165, 1.54) is 11.1 Å². The molecule has 0 radical (unpaired) electrons. The fourth-order valence-corrected chi connectivity index (χ4v) is 1.52. The van der Waals surface area contributed by atoms with E-state index in [2.05, 4.69) is 74.6 Å². The summed E-state index contributed by atoms with van der Waals surface area (Å²) in [6.07, 6.45) is 24.8. The minimum Gasteiger partial charge on any atom is -0.0807 e. The van der Waals surface area contributed by atoms with Crippen molar-refractivity contribution in [1.29, 1.82) is 0 Å². The van der Waals surface area contributed by atoms with Gasteiger partial charge in [0.25, 0.3) is 0 Å². The van der Waals surface area contributed by atoms with Crippen LogP contribution in [0.5, 0.6) is 0 Å². The first-order valence-corrected chi connectivity index (χ1v) is 6.26. The van der Waals surface area contributed by atoms with Gasteiger partial charge in [0.05, 0.1) is 0 Å². The lowest BCUT2D eigenvalue weighted by Crippen LogP contribution is -1.70. The van der Waals surface area contributed by atoms with Crippen molar-refractivity contribution in [3.63, 3.8) is 0 Å². The maximum Gasteiger partial charge on any atom is -0.0135 e. The minimum absolute atomic E-state index is 1.00. The van der Waals surface area contributed by atoms with Gasteiger partial charge in [-0.3, -0.25) is 0 Å². The Hall–Kier alpha value is -1.56. The van der Waals surface area contributed by atoms with Crippen LogP contribution in [0.15, 0.2) is 71.9 Å². The van der Waals surface area contributed by atoms with Gasteiger partial charge in [-0.15, -0.1) is 0 Å². The van der Waals surface area contributed by atoms with Crippen LogP contribution in [0.2, 0.25) is 0 Å². The summed E-state index contributed by atoms with van der Waals surface area (Å²) < 4.78 is 0. The summed E-state index contributed by atoms with van der Waals surface area (Å²) in [6.45, 7) is 4.31. The Balaban J connectivity index is 2.70. The predicted molar refractivity (Wildman–Crippen MR) is 77.9 cm³/mol. The number of hydrogen-bond donors (Lipinski definition) is 0. The Bertz CT molecular complexity index is 384. The van der Waals surface area contributed by atoms with E-state index < -0.39 is 0 Å². The van der Waals surface area contributed by atoms with Crippen LogP contribution in [0.3, 0.4) is 0 Å². The number of allylic oxidation sites excluding steroid dienone is 12. The van der Waals surface area contributed by atoms with Gasteiger partial charge in [-0.25, -0.2) is 0 Å². The zero-order chi connectivity index (χ0) is 12.3. The van der Waals surface area contributed by atoms with Crippen LogP contribution < -0.4 is 0 Å². The number of rotatable bonds is 0. The molecule has 0 atom stereocenters. The van der Waals surface area contributed by atoms with Gasteiger partial charge >= 0.3 is 0 Å². The zero-order valence-corrected chi connectivity index (χ0v) is 10.9. The highest BCUT2D eigenvalue weighted by molar-refractivity contribution is 5.20. The first kappa shape index (κ1) is 13.5. The average molecular weight is 226 g/mol. The lowest BCUT2D eigenvalue weighted by molar-refractivity contribution is 1.21. The standard InChI is InChI=1S/C17H22/c1-16-12-8-4-3-5-9-13-17(2)15-11-7-6-10-14-16/h3-6,8,10-11,13-15H,7,9,12H2,1-2H3/b5-3-,8-4-,10-6-,15-11-,16-14+,17-13+. The molecule has 0 aromatic rings. The third-order valence-corrected chi connectivity index (χ3v) is 2.57. The molecular formula is C17H22. The van der Waals surface area contributed by atoms with Crippen molar-refractivity contribution in [2.24, 2.45) is 0 Å². The molecule has 90 valence electrons.